The van der Waals surface area contributed by atoms with E-state index in [1.807, 2.05) is 0 Å². The van der Waals surface area contributed by atoms with E-state index in [1.54, 1.807) is 18.2 Å². The van der Waals surface area contributed by atoms with Crippen molar-refractivity contribution >= 4 is 17.4 Å². The number of hydrogen-bond acceptors (Lipinski definition) is 4. The molecule has 0 saturated carbocycles. The number of nitrogens with zero attached hydrogens (tertiary/aromatic N) is 2. The maximum atomic E-state index is 13.5. The molecule has 1 aromatic heterocycles. The fraction of sp³-hybridized carbons (Fsp3) is 0.105. The van der Waals surface area contributed by atoms with Crippen LogP contribution in [0.5, 0.6) is 0 Å². The molecule has 1 amide bonds. The van der Waals surface area contributed by atoms with E-state index in [9.17, 15) is 13.6 Å². The molecule has 0 fully saturated rings. The minimum absolute atomic E-state index is 0.0809. The van der Waals surface area contributed by atoms with E-state index in [-0.39, 0.29) is 17.2 Å². The first-order valence-electron chi connectivity index (χ1n) is 7.98. The predicted octanol–water partition coefficient (Wildman–Crippen LogP) is 3.66. The average molecular weight is 354 g/mol. The number of nitrogens with one attached hydrogen (secondary N) is 2. The minimum Gasteiger partial charge on any atom is -0.368 e. The molecule has 7 heteroatoms. The smallest absolute Gasteiger partial charge is 0.275 e. The summed E-state index contributed by atoms with van der Waals surface area (Å²) in [5.74, 6) is -0.820. The third kappa shape index (κ3) is 4.60. The normalized spacial score (nSPS) is 10.4. The molecule has 0 saturated heterocycles. The number of carbonyl (C=O) groups is 1. The molecule has 0 atom stereocenters. The van der Waals surface area contributed by atoms with Crippen LogP contribution in [-0.4, -0.2) is 22.4 Å². The van der Waals surface area contributed by atoms with Gasteiger partial charge in [-0.1, -0.05) is 24.3 Å². The van der Waals surface area contributed by atoms with E-state index in [2.05, 4.69) is 20.6 Å². The molecule has 3 aromatic rings. The molecule has 2 N–H and O–H groups in total. The molecule has 0 aliphatic carbocycles. The van der Waals surface area contributed by atoms with Crippen LogP contribution in [-0.2, 0) is 6.42 Å². The van der Waals surface area contributed by atoms with Crippen LogP contribution in [0.2, 0.25) is 0 Å². The zero-order valence-corrected chi connectivity index (χ0v) is 13.7. The summed E-state index contributed by atoms with van der Waals surface area (Å²) in [7, 11) is 0. The second-order valence-electron chi connectivity index (χ2n) is 5.52. The van der Waals surface area contributed by atoms with Crippen LogP contribution in [0.15, 0.2) is 60.9 Å². The van der Waals surface area contributed by atoms with Crippen molar-refractivity contribution in [3.05, 3.63) is 83.8 Å². The molecule has 0 aliphatic rings. The van der Waals surface area contributed by atoms with Gasteiger partial charge in [-0.15, -0.1) is 0 Å². The summed E-state index contributed by atoms with van der Waals surface area (Å²) in [6, 6.07) is 12.2. The Morgan fingerprint density at radius 3 is 2.42 bits per heavy atom. The molecule has 1 heterocycles. The molecule has 5 nitrogen and oxygen atoms in total. The molecule has 0 unspecified atom stereocenters. The summed E-state index contributed by atoms with van der Waals surface area (Å²) in [5, 5.41) is 5.52. The molecular weight excluding hydrogens is 338 g/mol. The van der Waals surface area contributed by atoms with Gasteiger partial charge in [0.05, 0.1) is 18.1 Å². The van der Waals surface area contributed by atoms with Crippen molar-refractivity contribution < 1.29 is 13.6 Å². The van der Waals surface area contributed by atoms with Crippen LogP contribution in [0.4, 0.5) is 20.3 Å². The first-order valence-corrected chi connectivity index (χ1v) is 7.98. The quantitative estimate of drug-likeness (QED) is 0.709. The average Bonchev–Trinajstić information content (AvgIpc) is 2.66. The molecule has 0 spiro atoms. The molecule has 2 aromatic carbocycles. The summed E-state index contributed by atoms with van der Waals surface area (Å²) in [6.07, 6.45) is 3.44. The van der Waals surface area contributed by atoms with E-state index in [0.717, 1.165) is 5.56 Å². The van der Waals surface area contributed by atoms with Gasteiger partial charge < -0.3 is 10.6 Å². The van der Waals surface area contributed by atoms with Gasteiger partial charge in [0.2, 0.25) is 0 Å². The van der Waals surface area contributed by atoms with Gasteiger partial charge in [0.1, 0.15) is 23.1 Å². The molecule has 26 heavy (non-hydrogen) atoms. The number of carbonyl (C=O) groups excluding carboxylic acids is 1. The number of benzene rings is 2. The van der Waals surface area contributed by atoms with Crippen LogP contribution in [0.1, 0.15) is 16.1 Å². The standard InChI is InChI=1S/C19H16F2N4O/c20-14-7-5-13(6-8-14)9-10-22-18-12-23-17(11-24-18)19(26)25-16-4-2-1-3-15(16)21/h1-8,11-12H,9-10H2,(H,22,24)(H,25,26). The summed E-state index contributed by atoms with van der Waals surface area (Å²) in [6.45, 7) is 0.584. The molecule has 0 radical (unpaired) electrons. The van der Waals surface area contributed by atoms with Crippen LogP contribution in [0, 0.1) is 11.6 Å². The van der Waals surface area contributed by atoms with Gasteiger partial charge in [0.15, 0.2) is 0 Å². The van der Waals surface area contributed by atoms with E-state index in [4.69, 9.17) is 0 Å². The lowest BCUT2D eigenvalue weighted by atomic mass is 10.1. The highest BCUT2D eigenvalue weighted by molar-refractivity contribution is 6.02. The Labute approximate surface area is 149 Å². The third-order valence-corrected chi connectivity index (χ3v) is 3.64. The van der Waals surface area contributed by atoms with Crippen molar-refractivity contribution in [2.75, 3.05) is 17.2 Å². The van der Waals surface area contributed by atoms with Gasteiger partial charge in [0, 0.05) is 6.54 Å². The van der Waals surface area contributed by atoms with Gasteiger partial charge in [-0.2, -0.15) is 0 Å². The van der Waals surface area contributed by atoms with Crippen LogP contribution in [0.3, 0.4) is 0 Å². The van der Waals surface area contributed by atoms with Crippen molar-refractivity contribution in [2.45, 2.75) is 6.42 Å². The second kappa shape index (κ2) is 8.15. The summed E-state index contributed by atoms with van der Waals surface area (Å²) in [5.41, 5.74) is 1.16. The van der Waals surface area contributed by atoms with Gasteiger partial charge >= 0.3 is 0 Å². The second-order valence-corrected chi connectivity index (χ2v) is 5.52. The predicted molar refractivity (Wildman–Crippen MR) is 95.0 cm³/mol. The first-order chi connectivity index (χ1) is 12.6. The van der Waals surface area contributed by atoms with Crippen LogP contribution < -0.4 is 10.6 Å². The summed E-state index contributed by atoms with van der Waals surface area (Å²) in [4.78, 5) is 20.2. The van der Waals surface area contributed by atoms with Gasteiger partial charge in [-0.25, -0.2) is 18.7 Å². The fourth-order valence-corrected chi connectivity index (χ4v) is 2.27. The zero-order valence-electron chi connectivity index (χ0n) is 13.7. The highest BCUT2D eigenvalue weighted by Crippen LogP contribution is 2.13. The van der Waals surface area contributed by atoms with E-state index in [0.29, 0.717) is 18.8 Å². The monoisotopic (exact) mass is 354 g/mol. The lowest BCUT2D eigenvalue weighted by Crippen LogP contribution is -2.15. The summed E-state index contributed by atoms with van der Waals surface area (Å²) >= 11 is 0. The fourth-order valence-electron chi connectivity index (χ4n) is 2.27. The maximum absolute atomic E-state index is 13.5. The van der Waals surface area contributed by atoms with Gasteiger partial charge in [0.25, 0.3) is 5.91 Å². The molecular formula is C19H16F2N4O. The zero-order chi connectivity index (χ0) is 18.4. The van der Waals surface area contributed by atoms with Crippen LogP contribution in [0.25, 0.3) is 0 Å². The Balaban J connectivity index is 1.53. The number of hydrogen-bond donors (Lipinski definition) is 2. The van der Waals surface area contributed by atoms with Crippen molar-refractivity contribution in [3.8, 4) is 0 Å². The van der Waals surface area contributed by atoms with Crippen molar-refractivity contribution in [1.29, 1.82) is 0 Å². The Kier molecular flexibility index (Phi) is 5.48. The number of para-hydroxylation sites is 1. The lowest BCUT2D eigenvalue weighted by molar-refractivity contribution is 0.102. The molecule has 0 aliphatic heterocycles. The van der Waals surface area contributed by atoms with Gasteiger partial charge in [-0.05, 0) is 36.2 Å². The van der Waals surface area contributed by atoms with Crippen molar-refractivity contribution in [3.63, 3.8) is 0 Å². The number of halogens is 2. The largest absolute Gasteiger partial charge is 0.368 e. The Morgan fingerprint density at radius 1 is 0.962 bits per heavy atom. The van der Waals surface area contributed by atoms with Crippen molar-refractivity contribution in [1.82, 2.24) is 9.97 Å². The minimum atomic E-state index is -0.541. The first kappa shape index (κ1) is 17.5. The van der Waals surface area contributed by atoms with Crippen molar-refractivity contribution in [2.24, 2.45) is 0 Å². The summed E-state index contributed by atoms with van der Waals surface area (Å²) < 4.78 is 26.4. The Bertz CT molecular complexity index is 883. The highest BCUT2D eigenvalue weighted by atomic mass is 19.1. The molecule has 0 bridgehead atoms. The Morgan fingerprint density at radius 2 is 1.73 bits per heavy atom. The highest BCUT2D eigenvalue weighted by Gasteiger charge is 2.10. The third-order valence-electron chi connectivity index (χ3n) is 3.64. The van der Waals surface area contributed by atoms with Gasteiger partial charge in [-0.3, -0.25) is 4.79 Å². The lowest BCUT2D eigenvalue weighted by Gasteiger charge is -2.07. The SMILES string of the molecule is O=C(Nc1ccccc1F)c1cnc(NCCc2ccc(F)cc2)cn1. The van der Waals surface area contributed by atoms with E-state index < -0.39 is 11.7 Å². The number of anilines is 2. The van der Waals surface area contributed by atoms with E-state index >= 15 is 0 Å². The topological polar surface area (TPSA) is 66.9 Å². The number of aromatic nitrogens is 2. The number of amides is 1. The maximum Gasteiger partial charge on any atom is 0.275 e. The number of rotatable bonds is 6. The van der Waals surface area contributed by atoms with Crippen LogP contribution >= 0.6 is 0 Å². The molecule has 132 valence electrons. The van der Waals surface area contributed by atoms with E-state index in [1.165, 1.54) is 42.7 Å². The Hall–Kier alpha value is -3.35. The molecule has 3 rings (SSSR count).